The van der Waals surface area contributed by atoms with E-state index in [-0.39, 0.29) is 5.92 Å². The molecule has 2 aliphatic rings. The molecule has 162 valence electrons. The second-order valence-electron chi connectivity index (χ2n) is 6.85. The molecule has 2 heterocycles. The molecule has 2 rings (SSSR count). The minimum Gasteiger partial charge on any atom is -0.394 e. The third kappa shape index (κ3) is 5.78. The van der Waals surface area contributed by atoms with Gasteiger partial charge in [0.1, 0.15) is 42.7 Å². The summed E-state index contributed by atoms with van der Waals surface area (Å²) in [5.41, 5.74) is 0. The first-order chi connectivity index (χ1) is 12.6. The lowest BCUT2D eigenvalue weighted by molar-refractivity contribution is -0.297. The quantitative estimate of drug-likeness (QED) is 0.249. The lowest BCUT2D eigenvalue weighted by atomic mass is 9.92. The first-order valence-corrected chi connectivity index (χ1v) is 8.66. The summed E-state index contributed by atoms with van der Waals surface area (Å²) >= 11 is 0. The van der Waals surface area contributed by atoms with Crippen LogP contribution in [0.4, 0.5) is 0 Å². The van der Waals surface area contributed by atoms with E-state index in [0.29, 0.717) is 0 Å². The van der Waals surface area contributed by atoms with E-state index in [1.54, 1.807) is 0 Å². The summed E-state index contributed by atoms with van der Waals surface area (Å²) in [6.45, 7) is 3.29. The Morgan fingerprint density at radius 1 is 0.704 bits per heavy atom. The Morgan fingerprint density at radius 2 is 1.15 bits per heavy atom. The zero-order valence-electron chi connectivity index (χ0n) is 15.8. The van der Waals surface area contributed by atoms with Crippen LogP contribution in [0.2, 0.25) is 0 Å². The van der Waals surface area contributed by atoms with E-state index in [1.807, 2.05) is 13.8 Å². The monoisotopic (exact) mass is 400 g/mol. The van der Waals surface area contributed by atoms with Crippen LogP contribution in [-0.4, -0.2) is 118 Å². The summed E-state index contributed by atoms with van der Waals surface area (Å²) in [5, 5.41) is 65.1. The van der Waals surface area contributed by atoms with Gasteiger partial charge in [0.25, 0.3) is 0 Å². The lowest BCUT2D eigenvalue weighted by Crippen LogP contribution is -2.59. The molecule has 11 heteroatoms. The first-order valence-electron chi connectivity index (χ1n) is 8.66. The molecule has 0 aromatic carbocycles. The Kier molecular flexibility index (Phi) is 9.96. The molecule has 11 nitrogen and oxygen atoms in total. The maximum Gasteiger partial charge on any atom is 0.186 e. The molecule has 2 fully saturated rings. The third-order valence-electron chi connectivity index (χ3n) is 4.58. The number of aliphatic hydroxyl groups is 7. The predicted octanol–water partition coefficient (Wildman–Crippen LogP) is -3.47. The molecule has 0 aliphatic carbocycles. The van der Waals surface area contributed by atoms with Crippen molar-refractivity contribution in [2.24, 2.45) is 5.92 Å². The minimum absolute atomic E-state index is 0.0461. The summed E-state index contributed by atoms with van der Waals surface area (Å²) in [6.07, 6.45) is -10.8. The molecule has 0 saturated carbocycles. The topological polar surface area (TPSA) is 179 Å². The van der Waals surface area contributed by atoms with Crippen molar-refractivity contribution >= 4 is 0 Å². The smallest absolute Gasteiger partial charge is 0.186 e. The average molecular weight is 400 g/mol. The van der Waals surface area contributed by atoms with Gasteiger partial charge >= 0.3 is 0 Å². The molecule has 2 aliphatic heterocycles. The molecular weight excluding hydrogens is 368 g/mol. The van der Waals surface area contributed by atoms with Crippen molar-refractivity contribution in [1.29, 1.82) is 0 Å². The number of ether oxygens (including phenoxy) is 4. The highest BCUT2D eigenvalue weighted by Crippen LogP contribution is 2.26. The van der Waals surface area contributed by atoms with Crippen LogP contribution in [0.1, 0.15) is 13.8 Å². The van der Waals surface area contributed by atoms with Gasteiger partial charge in [-0.25, -0.2) is 0 Å². The zero-order chi connectivity index (χ0) is 20.9. The van der Waals surface area contributed by atoms with E-state index in [9.17, 15) is 30.6 Å². The van der Waals surface area contributed by atoms with E-state index in [4.69, 9.17) is 24.1 Å². The Hall–Kier alpha value is -0.440. The van der Waals surface area contributed by atoms with Crippen molar-refractivity contribution in [3.8, 4) is 0 Å². The van der Waals surface area contributed by atoms with E-state index >= 15 is 0 Å². The maximum absolute atomic E-state index is 9.60. The van der Waals surface area contributed by atoms with Gasteiger partial charge in [0.15, 0.2) is 12.6 Å². The van der Waals surface area contributed by atoms with Crippen molar-refractivity contribution in [3.05, 3.63) is 0 Å². The van der Waals surface area contributed by atoms with Crippen molar-refractivity contribution in [1.82, 2.24) is 0 Å². The van der Waals surface area contributed by atoms with E-state index in [2.05, 4.69) is 0 Å². The van der Waals surface area contributed by atoms with Gasteiger partial charge in [0.05, 0.1) is 12.7 Å². The number of methoxy groups -OCH3 is 2. The SMILES string of the molecule is CO[C@@H]1O[C@H](C(C)C)[C@@H](O)[C@H](O)[C@H]1O.CO[C@@H]1O[C@H](CO)[C@H](O)[C@H](O)[C@H]1O. The summed E-state index contributed by atoms with van der Waals surface area (Å²) in [7, 11) is 2.68. The highest BCUT2D eigenvalue weighted by Gasteiger charge is 2.45. The Balaban J connectivity index is 0.000000271. The largest absolute Gasteiger partial charge is 0.394 e. The molecule has 0 unspecified atom stereocenters. The number of rotatable bonds is 4. The van der Waals surface area contributed by atoms with Gasteiger partial charge in [-0.1, -0.05) is 13.8 Å². The predicted molar refractivity (Wildman–Crippen MR) is 89.3 cm³/mol. The van der Waals surface area contributed by atoms with Crippen molar-refractivity contribution in [2.75, 3.05) is 20.8 Å². The Bertz CT molecular complexity index is 401. The van der Waals surface area contributed by atoms with E-state index in [0.717, 1.165) is 0 Å². The average Bonchev–Trinajstić information content (AvgIpc) is 2.65. The molecule has 0 amide bonds. The summed E-state index contributed by atoms with van der Waals surface area (Å²) in [6, 6.07) is 0. The molecule has 0 aromatic rings. The maximum atomic E-state index is 9.60. The fourth-order valence-corrected chi connectivity index (χ4v) is 2.88. The van der Waals surface area contributed by atoms with Gasteiger partial charge in [-0.05, 0) is 5.92 Å². The standard InChI is InChI=1S/C9H18O5.C7H14O6/c1-4(2)8-6(11)5(10)7(12)9(13-3)14-8;1-12-7-6(11)5(10)4(9)3(2-8)13-7/h4-12H,1-3H3;3-11H,2H2,1H3/t5-,6-,7+,8+,9+;3-,4+,5+,6-,7-/m01/s1. The first kappa shape index (κ1) is 24.6. The van der Waals surface area contributed by atoms with E-state index in [1.165, 1.54) is 14.2 Å². The van der Waals surface area contributed by atoms with Gasteiger partial charge in [-0.15, -0.1) is 0 Å². The lowest BCUT2D eigenvalue weighted by Gasteiger charge is -2.41. The van der Waals surface area contributed by atoms with Crippen LogP contribution in [0.25, 0.3) is 0 Å². The molecule has 27 heavy (non-hydrogen) atoms. The number of aliphatic hydroxyl groups excluding tert-OH is 7. The summed E-state index contributed by atoms with van der Waals surface area (Å²) in [4.78, 5) is 0. The molecule has 7 N–H and O–H groups in total. The van der Waals surface area contributed by atoms with Crippen LogP contribution in [0, 0.1) is 5.92 Å². The second-order valence-corrected chi connectivity index (χ2v) is 6.85. The summed E-state index contributed by atoms with van der Waals surface area (Å²) in [5.74, 6) is 0.0461. The second kappa shape index (κ2) is 10.9. The van der Waals surface area contributed by atoms with Crippen molar-refractivity contribution < 1.29 is 54.7 Å². The van der Waals surface area contributed by atoms with Crippen molar-refractivity contribution in [2.45, 2.75) is 75.3 Å². The van der Waals surface area contributed by atoms with Gasteiger partial charge in [0.2, 0.25) is 0 Å². The third-order valence-corrected chi connectivity index (χ3v) is 4.58. The fourth-order valence-electron chi connectivity index (χ4n) is 2.88. The number of hydrogen-bond acceptors (Lipinski definition) is 11. The molecule has 2 saturated heterocycles. The van der Waals surface area contributed by atoms with Gasteiger partial charge in [0, 0.05) is 14.2 Å². The molecule has 0 aromatic heterocycles. The Morgan fingerprint density at radius 3 is 1.56 bits per heavy atom. The molecule has 0 radical (unpaired) electrons. The van der Waals surface area contributed by atoms with Crippen LogP contribution >= 0.6 is 0 Å². The number of hydrogen-bond donors (Lipinski definition) is 7. The van der Waals surface area contributed by atoms with Crippen LogP contribution in [0.3, 0.4) is 0 Å². The van der Waals surface area contributed by atoms with E-state index < -0.39 is 68.0 Å². The van der Waals surface area contributed by atoms with Gasteiger partial charge in [-0.2, -0.15) is 0 Å². The molecular formula is C16H32O11. The highest BCUT2D eigenvalue weighted by molar-refractivity contribution is 4.90. The normalized spacial score (nSPS) is 45.3. The zero-order valence-corrected chi connectivity index (χ0v) is 15.8. The van der Waals surface area contributed by atoms with Gasteiger partial charge in [-0.3, -0.25) is 0 Å². The Labute approximate surface area is 157 Å². The molecule has 0 bridgehead atoms. The minimum atomic E-state index is -1.36. The van der Waals surface area contributed by atoms with Crippen LogP contribution in [0.5, 0.6) is 0 Å². The van der Waals surface area contributed by atoms with Crippen molar-refractivity contribution in [3.63, 3.8) is 0 Å². The highest BCUT2D eigenvalue weighted by atomic mass is 16.7. The fraction of sp³-hybridized carbons (Fsp3) is 1.00. The van der Waals surface area contributed by atoms with Gasteiger partial charge < -0.3 is 54.7 Å². The van der Waals surface area contributed by atoms with Crippen LogP contribution in [-0.2, 0) is 18.9 Å². The summed E-state index contributed by atoms with van der Waals surface area (Å²) < 4.78 is 19.8. The molecule has 10 atom stereocenters. The van der Waals surface area contributed by atoms with Crippen LogP contribution in [0.15, 0.2) is 0 Å². The van der Waals surface area contributed by atoms with Crippen LogP contribution < -0.4 is 0 Å². The molecule has 0 spiro atoms.